The first kappa shape index (κ1) is 17.1. The standard InChI is InChI=1S/C16H29N3O3/c1-14(2,3)22-13(20)18-10-8-9-11(18)12-17-15(4,5)16(6,7)19(12)21/h11,21H,8-10H2,1-7H3. The second kappa shape index (κ2) is 5.11. The van der Waals surface area contributed by atoms with Crippen molar-refractivity contribution >= 4 is 11.9 Å². The van der Waals surface area contributed by atoms with Crippen molar-refractivity contribution in [2.45, 2.75) is 84.0 Å². The molecule has 2 aliphatic rings. The summed E-state index contributed by atoms with van der Waals surface area (Å²) in [4.78, 5) is 18.8. The molecule has 1 fully saturated rings. The summed E-state index contributed by atoms with van der Waals surface area (Å²) in [5, 5.41) is 11.8. The third-order valence-corrected chi connectivity index (χ3v) is 4.82. The van der Waals surface area contributed by atoms with Gasteiger partial charge in [-0.25, -0.2) is 9.86 Å². The second-order valence-corrected chi connectivity index (χ2v) is 8.23. The minimum Gasteiger partial charge on any atom is -0.444 e. The molecular weight excluding hydrogens is 282 g/mol. The number of hydroxylamine groups is 2. The molecule has 1 saturated heterocycles. The second-order valence-electron chi connectivity index (χ2n) is 8.23. The number of hydrogen-bond donors (Lipinski definition) is 1. The van der Waals surface area contributed by atoms with Crippen LogP contribution in [0.1, 0.15) is 61.3 Å². The fraction of sp³-hybridized carbons (Fsp3) is 0.875. The Morgan fingerprint density at radius 2 is 1.91 bits per heavy atom. The summed E-state index contributed by atoms with van der Waals surface area (Å²) in [6.07, 6.45) is 1.34. The number of ether oxygens (including phenoxy) is 1. The van der Waals surface area contributed by atoms with Crippen molar-refractivity contribution in [1.29, 1.82) is 0 Å². The summed E-state index contributed by atoms with van der Waals surface area (Å²) in [7, 11) is 0. The number of carbonyl (C=O) groups is 1. The van der Waals surface area contributed by atoms with Crippen LogP contribution in [0.15, 0.2) is 4.99 Å². The van der Waals surface area contributed by atoms with Gasteiger partial charge in [0.15, 0.2) is 0 Å². The highest BCUT2D eigenvalue weighted by Gasteiger charge is 2.52. The third-order valence-electron chi connectivity index (χ3n) is 4.82. The van der Waals surface area contributed by atoms with Gasteiger partial charge >= 0.3 is 6.09 Å². The van der Waals surface area contributed by atoms with E-state index in [-0.39, 0.29) is 12.1 Å². The van der Waals surface area contributed by atoms with E-state index in [0.29, 0.717) is 12.4 Å². The molecule has 0 spiro atoms. The zero-order valence-corrected chi connectivity index (χ0v) is 14.8. The highest BCUT2D eigenvalue weighted by atomic mass is 16.6. The van der Waals surface area contributed by atoms with Gasteiger partial charge in [0.2, 0.25) is 0 Å². The lowest BCUT2D eigenvalue weighted by Gasteiger charge is -2.38. The third kappa shape index (κ3) is 2.81. The predicted octanol–water partition coefficient (Wildman–Crippen LogP) is 3.05. The van der Waals surface area contributed by atoms with Crippen LogP contribution < -0.4 is 0 Å². The molecule has 2 rings (SSSR count). The van der Waals surface area contributed by atoms with Crippen LogP contribution in [0.5, 0.6) is 0 Å². The van der Waals surface area contributed by atoms with E-state index < -0.39 is 16.7 Å². The van der Waals surface area contributed by atoms with E-state index in [4.69, 9.17) is 9.73 Å². The number of hydrogen-bond acceptors (Lipinski definition) is 5. The van der Waals surface area contributed by atoms with Crippen LogP contribution in [-0.4, -0.2) is 56.4 Å². The molecule has 0 radical (unpaired) electrons. The first-order valence-electron chi connectivity index (χ1n) is 7.95. The Labute approximate surface area is 133 Å². The number of likely N-dealkylation sites (tertiary alicyclic amines) is 1. The van der Waals surface area contributed by atoms with Crippen LogP contribution in [0.2, 0.25) is 0 Å². The van der Waals surface area contributed by atoms with E-state index in [0.717, 1.165) is 12.8 Å². The fourth-order valence-electron chi connectivity index (χ4n) is 2.81. The highest BCUT2D eigenvalue weighted by Crippen LogP contribution is 2.39. The first-order valence-corrected chi connectivity index (χ1v) is 7.95. The number of amidine groups is 1. The Morgan fingerprint density at radius 1 is 1.32 bits per heavy atom. The van der Waals surface area contributed by atoms with Crippen molar-refractivity contribution < 1.29 is 14.7 Å². The van der Waals surface area contributed by atoms with Gasteiger partial charge in [-0.1, -0.05) is 0 Å². The number of nitrogens with zero attached hydrogens (tertiary/aromatic N) is 3. The number of rotatable bonds is 1. The molecule has 0 aromatic rings. The van der Waals surface area contributed by atoms with Crippen LogP contribution in [0.3, 0.4) is 0 Å². The van der Waals surface area contributed by atoms with Gasteiger partial charge in [0.05, 0.1) is 17.1 Å². The smallest absolute Gasteiger partial charge is 0.410 e. The van der Waals surface area contributed by atoms with Crippen molar-refractivity contribution in [2.75, 3.05) is 6.54 Å². The molecule has 0 aliphatic carbocycles. The molecule has 0 aromatic carbocycles. The van der Waals surface area contributed by atoms with Crippen molar-refractivity contribution in [3.05, 3.63) is 0 Å². The van der Waals surface area contributed by atoms with E-state index in [1.165, 1.54) is 5.06 Å². The van der Waals surface area contributed by atoms with E-state index >= 15 is 0 Å². The molecule has 1 atom stereocenters. The van der Waals surface area contributed by atoms with Crippen LogP contribution in [0.4, 0.5) is 4.79 Å². The van der Waals surface area contributed by atoms with Gasteiger partial charge in [0.25, 0.3) is 0 Å². The number of amides is 1. The van der Waals surface area contributed by atoms with E-state index in [9.17, 15) is 10.0 Å². The van der Waals surface area contributed by atoms with Gasteiger partial charge < -0.3 is 4.74 Å². The summed E-state index contributed by atoms with van der Waals surface area (Å²) in [5.74, 6) is 0.568. The molecule has 1 amide bonds. The first-order chi connectivity index (χ1) is 9.87. The maximum absolute atomic E-state index is 12.4. The molecule has 22 heavy (non-hydrogen) atoms. The summed E-state index contributed by atoms with van der Waals surface area (Å²) in [6.45, 7) is 14.1. The van der Waals surface area contributed by atoms with Crippen LogP contribution in [-0.2, 0) is 4.74 Å². The molecule has 0 aromatic heterocycles. The van der Waals surface area contributed by atoms with Gasteiger partial charge in [0, 0.05) is 6.54 Å². The topological polar surface area (TPSA) is 65.4 Å². The maximum atomic E-state index is 12.4. The van der Waals surface area contributed by atoms with Gasteiger partial charge in [-0.05, 0) is 61.3 Å². The lowest BCUT2D eigenvalue weighted by atomic mass is 9.84. The van der Waals surface area contributed by atoms with Crippen molar-refractivity contribution in [3.8, 4) is 0 Å². The average Bonchev–Trinajstić information content (AvgIpc) is 2.86. The highest BCUT2D eigenvalue weighted by molar-refractivity contribution is 5.92. The summed E-state index contributed by atoms with van der Waals surface area (Å²) in [5.41, 5.74) is -1.46. The molecule has 0 bridgehead atoms. The zero-order chi connectivity index (χ0) is 16.9. The summed E-state index contributed by atoms with van der Waals surface area (Å²) >= 11 is 0. The quantitative estimate of drug-likeness (QED) is 0.808. The maximum Gasteiger partial charge on any atom is 0.410 e. The lowest BCUT2D eigenvalue weighted by Crippen LogP contribution is -2.54. The molecule has 1 unspecified atom stereocenters. The van der Waals surface area contributed by atoms with Crippen LogP contribution >= 0.6 is 0 Å². The molecule has 2 heterocycles. The van der Waals surface area contributed by atoms with E-state index in [1.54, 1.807) is 4.90 Å². The zero-order valence-electron chi connectivity index (χ0n) is 14.8. The Bertz CT molecular complexity index is 491. The number of aliphatic imine (C=N–C) groups is 1. The minimum atomic E-state index is -0.529. The van der Waals surface area contributed by atoms with Gasteiger partial charge in [-0.2, -0.15) is 0 Å². The van der Waals surface area contributed by atoms with E-state index in [1.807, 2.05) is 48.5 Å². The Hall–Kier alpha value is -1.30. The minimum absolute atomic E-state index is 0.221. The Morgan fingerprint density at radius 3 is 2.36 bits per heavy atom. The lowest BCUT2D eigenvalue weighted by molar-refractivity contribution is -0.103. The van der Waals surface area contributed by atoms with Gasteiger partial charge in [-0.15, -0.1) is 0 Å². The molecular formula is C16H29N3O3. The molecule has 6 heteroatoms. The molecule has 126 valence electrons. The molecule has 6 nitrogen and oxygen atoms in total. The normalized spacial score (nSPS) is 27.1. The van der Waals surface area contributed by atoms with Crippen LogP contribution in [0, 0.1) is 0 Å². The Balaban J connectivity index is 2.23. The summed E-state index contributed by atoms with van der Waals surface area (Å²) in [6, 6.07) is -0.221. The van der Waals surface area contributed by atoms with Gasteiger partial charge in [-0.3, -0.25) is 15.1 Å². The predicted molar refractivity (Wildman–Crippen MR) is 85.2 cm³/mol. The molecule has 2 aliphatic heterocycles. The molecule has 0 saturated carbocycles. The average molecular weight is 311 g/mol. The van der Waals surface area contributed by atoms with Crippen molar-refractivity contribution in [3.63, 3.8) is 0 Å². The number of carbonyl (C=O) groups excluding carboxylic acids is 1. The Kier molecular flexibility index (Phi) is 3.97. The van der Waals surface area contributed by atoms with E-state index in [2.05, 4.69) is 0 Å². The van der Waals surface area contributed by atoms with Crippen molar-refractivity contribution in [1.82, 2.24) is 9.96 Å². The largest absolute Gasteiger partial charge is 0.444 e. The van der Waals surface area contributed by atoms with Crippen molar-refractivity contribution in [2.24, 2.45) is 4.99 Å². The summed E-state index contributed by atoms with van der Waals surface area (Å²) < 4.78 is 5.48. The van der Waals surface area contributed by atoms with Gasteiger partial charge in [0.1, 0.15) is 11.4 Å². The SMILES string of the molecule is CC(C)(C)OC(=O)N1CCCC1C1=NC(C)(C)C(C)(C)N1O. The molecule has 1 N–H and O–H groups in total. The fourth-order valence-corrected chi connectivity index (χ4v) is 2.81. The monoisotopic (exact) mass is 311 g/mol. The van der Waals surface area contributed by atoms with Crippen LogP contribution in [0.25, 0.3) is 0 Å².